The first-order valence-electron chi connectivity index (χ1n) is 7.30. The number of urea groups is 1. The number of nitrogens with one attached hydrogen (secondary N) is 2. The normalized spacial score (nSPS) is 23.4. The van der Waals surface area contributed by atoms with Gasteiger partial charge in [-0.3, -0.25) is 0 Å². The second kappa shape index (κ2) is 5.80. The van der Waals surface area contributed by atoms with E-state index in [9.17, 15) is 14.7 Å². The van der Waals surface area contributed by atoms with E-state index in [0.29, 0.717) is 12.3 Å². The van der Waals surface area contributed by atoms with Crippen LogP contribution in [-0.2, 0) is 4.79 Å². The lowest BCUT2D eigenvalue weighted by Crippen LogP contribution is -2.49. The molecule has 19 heavy (non-hydrogen) atoms. The van der Waals surface area contributed by atoms with Gasteiger partial charge < -0.3 is 15.7 Å². The summed E-state index contributed by atoms with van der Waals surface area (Å²) < 4.78 is 0. The summed E-state index contributed by atoms with van der Waals surface area (Å²) in [4.78, 5) is 23.0. The highest BCUT2D eigenvalue weighted by atomic mass is 16.4. The lowest BCUT2D eigenvalue weighted by Gasteiger charge is -2.25. The second-order valence-corrected chi connectivity index (χ2v) is 6.29. The molecule has 0 heterocycles. The fourth-order valence-corrected chi connectivity index (χ4v) is 2.76. The number of carboxylic acids is 1. The van der Waals surface area contributed by atoms with Gasteiger partial charge in [0.05, 0.1) is 0 Å². The molecule has 0 bridgehead atoms. The number of hydrogen-bond acceptors (Lipinski definition) is 2. The van der Waals surface area contributed by atoms with Gasteiger partial charge in [0.2, 0.25) is 0 Å². The van der Waals surface area contributed by atoms with Crippen LogP contribution in [-0.4, -0.2) is 28.7 Å². The molecule has 0 aromatic rings. The highest BCUT2D eigenvalue weighted by Crippen LogP contribution is 2.34. The van der Waals surface area contributed by atoms with Crippen molar-refractivity contribution in [1.29, 1.82) is 0 Å². The SMILES string of the molecule is CC1(NC(=O)N[C@H](CC2CCCCC2)C(=O)O)CC1. The molecule has 0 unspecified atom stereocenters. The van der Waals surface area contributed by atoms with Crippen LogP contribution in [0, 0.1) is 5.92 Å². The monoisotopic (exact) mass is 268 g/mol. The second-order valence-electron chi connectivity index (χ2n) is 6.29. The molecule has 0 spiro atoms. The third kappa shape index (κ3) is 4.40. The largest absolute Gasteiger partial charge is 0.480 e. The van der Waals surface area contributed by atoms with E-state index < -0.39 is 12.0 Å². The topological polar surface area (TPSA) is 78.4 Å². The Kier molecular flexibility index (Phi) is 4.32. The Morgan fingerprint density at radius 1 is 1.26 bits per heavy atom. The maximum atomic E-state index is 11.8. The maximum absolute atomic E-state index is 11.8. The summed E-state index contributed by atoms with van der Waals surface area (Å²) in [6.45, 7) is 1.98. The van der Waals surface area contributed by atoms with Crippen LogP contribution in [0.4, 0.5) is 4.79 Å². The fraction of sp³-hybridized carbons (Fsp3) is 0.857. The molecule has 2 saturated carbocycles. The van der Waals surface area contributed by atoms with E-state index >= 15 is 0 Å². The van der Waals surface area contributed by atoms with Crippen molar-refractivity contribution in [3.8, 4) is 0 Å². The first kappa shape index (κ1) is 14.2. The summed E-state index contributed by atoms with van der Waals surface area (Å²) in [6, 6.07) is -1.10. The van der Waals surface area contributed by atoms with Gasteiger partial charge in [0.25, 0.3) is 0 Å². The lowest BCUT2D eigenvalue weighted by molar-refractivity contribution is -0.139. The van der Waals surface area contributed by atoms with E-state index in [1.165, 1.54) is 19.3 Å². The summed E-state index contributed by atoms with van der Waals surface area (Å²) in [6.07, 6.45) is 8.29. The summed E-state index contributed by atoms with van der Waals surface area (Å²) >= 11 is 0. The Bertz CT molecular complexity index is 347. The smallest absolute Gasteiger partial charge is 0.326 e. The number of carboxylic acid groups (broad SMARTS) is 1. The minimum atomic E-state index is -0.929. The lowest BCUT2D eigenvalue weighted by atomic mass is 9.85. The van der Waals surface area contributed by atoms with Crippen LogP contribution in [0.2, 0.25) is 0 Å². The molecule has 2 aliphatic carbocycles. The van der Waals surface area contributed by atoms with E-state index in [1.54, 1.807) is 0 Å². The van der Waals surface area contributed by atoms with Crippen molar-refractivity contribution in [2.75, 3.05) is 0 Å². The molecule has 0 saturated heterocycles. The predicted molar refractivity (Wildman–Crippen MR) is 71.9 cm³/mol. The molecule has 2 fully saturated rings. The van der Waals surface area contributed by atoms with Gasteiger partial charge in [0.15, 0.2) is 0 Å². The van der Waals surface area contributed by atoms with Gasteiger partial charge in [0, 0.05) is 5.54 Å². The number of rotatable bonds is 5. The third-order valence-corrected chi connectivity index (χ3v) is 4.31. The van der Waals surface area contributed by atoms with Crippen molar-refractivity contribution in [2.45, 2.75) is 69.9 Å². The summed E-state index contributed by atoms with van der Waals surface area (Å²) in [7, 11) is 0. The van der Waals surface area contributed by atoms with Crippen molar-refractivity contribution in [3.05, 3.63) is 0 Å². The van der Waals surface area contributed by atoms with Crippen LogP contribution in [0.5, 0.6) is 0 Å². The zero-order valence-electron chi connectivity index (χ0n) is 11.6. The molecular formula is C14H24N2O3. The highest BCUT2D eigenvalue weighted by Gasteiger charge is 2.39. The quantitative estimate of drug-likeness (QED) is 0.715. The molecule has 0 radical (unpaired) electrons. The van der Waals surface area contributed by atoms with Crippen LogP contribution >= 0.6 is 0 Å². The Morgan fingerprint density at radius 3 is 2.42 bits per heavy atom. The fourth-order valence-electron chi connectivity index (χ4n) is 2.76. The molecule has 108 valence electrons. The standard InChI is InChI=1S/C14H24N2O3/c1-14(7-8-14)16-13(19)15-11(12(17)18)9-10-5-3-2-4-6-10/h10-11H,2-9H2,1H3,(H,17,18)(H2,15,16,19)/t11-/m1/s1. The summed E-state index contributed by atoms with van der Waals surface area (Å²) in [5, 5.41) is 14.7. The van der Waals surface area contributed by atoms with Crippen molar-refractivity contribution >= 4 is 12.0 Å². The Morgan fingerprint density at radius 2 is 1.89 bits per heavy atom. The first-order chi connectivity index (χ1) is 8.98. The van der Waals surface area contributed by atoms with Gasteiger partial charge >= 0.3 is 12.0 Å². The molecule has 0 aliphatic heterocycles. The van der Waals surface area contributed by atoms with Crippen LogP contribution in [0.1, 0.15) is 58.3 Å². The zero-order chi connectivity index (χ0) is 13.9. The molecule has 2 rings (SSSR count). The average molecular weight is 268 g/mol. The van der Waals surface area contributed by atoms with Crippen LogP contribution in [0.15, 0.2) is 0 Å². The Labute approximate surface area is 114 Å². The van der Waals surface area contributed by atoms with E-state index in [0.717, 1.165) is 25.7 Å². The third-order valence-electron chi connectivity index (χ3n) is 4.31. The molecule has 5 heteroatoms. The molecule has 2 amide bonds. The maximum Gasteiger partial charge on any atom is 0.326 e. The van der Waals surface area contributed by atoms with E-state index in [-0.39, 0.29) is 11.6 Å². The Balaban J connectivity index is 1.81. The number of carbonyl (C=O) groups is 2. The molecule has 0 aromatic heterocycles. The average Bonchev–Trinajstić information content (AvgIpc) is 3.07. The van der Waals surface area contributed by atoms with Gasteiger partial charge in [0.1, 0.15) is 6.04 Å². The van der Waals surface area contributed by atoms with Gasteiger partial charge in [-0.25, -0.2) is 9.59 Å². The number of amides is 2. The first-order valence-corrected chi connectivity index (χ1v) is 7.30. The van der Waals surface area contributed by atoms with E-state index in [1.807, 2.05) is 6.92 Å². The van der Waals surface area contributed by atoms with Crippen LogP contribution in [0.25, 0.3) is 0 Å². The molecule has 1 atom stereocenters. The summed E-state index contributed by atoms with van der Waals surface area (Å²) in [5.74, 6) is -0.492. The minimum absolute atomic E-state index is 0.113. The van der Waals surface area contributed by atoms with Crippen LogP contribution in [0.3, 0.4) is 0 Å². The minimum Gasteiger partial charge on any atom is -0.480 e. The molecule has 5 nitrogen and oxygen atoms in total. The molecule has 2 aliphatic rings. The van der Waals surface area contributed by atoms with Gasteiger partial charge in [-0.2, -0.15) is 0 Å². The van der Waals surface area contributed by atoms with Crippen molar-refractivity contribution in [2.24, 2.45) is 5.92 Å². The van der Waals surface area contributed by atoms with Crippen molar-refractivity contribution in [1.82, 2.24) is 10.6 Å². The van der Waals surface area contributed by atoms with Gasteiger partial charge in [-0.15, -0.1) is 0 Å². The van der Waals surface area contributed by atoms with Gasteiger partial charge in [-0.05, 0) is 32.1 Å². The van der Waals surface area contributed by atoms with E-state index in [2.05, 4.69) is 10.6 Å². The van der Waals surface area contributed by atoms with Gasteiger partial charge in [-0.1, -0.05) is 32.1 Å². The van der Waals surface area contributed by atoms with Crippen LogP contribution < -0.4 is 10.6 Å². The molecule has 0 aromatic carbocycles. The van der Waals surface area contributed by atoms with Crippen molar-refractivity contribution in [3.63, 3.8) is 0 Å². The molecule has 3 N–H and O–H groups in total. The number of aliphatic carboxylic acids is 1. The Hall–Kier alpha value is -1.26. The van der Waals surface area contributed by atoms with Crippen molar-refractivity contribution < 1.29 is 14.7 Å². The van der Waals surface area contributed by atoms with E-state index in [4.69, 9.17) is 0 Å². The number of hydrogen-bond donors (Lipinski definition) is 3. The summed E-state index contributed by atoms with van der Waals surface area (Å²) in [5.41, 5.74) is -0.113. The predicted octanol–water partition coefficient (Wildman–Crippen LogP) is 2.26. The number of carbonyl (C=O) groups excluding carboxylic acids is 1. The zero-order valence-corrected chi connectivity index (χ0v) is 11.6. The highest BCUT2D eigenvalue weighted by molar-refractivity contribution is 5.83. The molecular weight excluding hydrogens is 244 g/mol.